The van der Waals surface area contributed by atoms with Gasteiger partial charge in [0.1, 0.15) is 29.1 Å². The molecule has 4 N–H and O–H groups in total. The van der Waals surface area contributed by atoms with E-state index in [1.807, 2.05) is 45.0 Å². The van der Waals surface area contributed by atoms with Crippen molar-refractivity contribution in [3.63, 3.8) is 0 Å². The molecule has 0 saturated carbocycles. The van der Waals surface area contributed by atoms with Gasteiger partial charge in [-0.25, -0.2) is 9.37 Å². The van der Waals surface area contributed by atoms with Gasteiger partial charge in [0.05, 0.1) is 68.8 Å². The lowest BCUT2D eigenvalue weighted by atomic mass is 9.91. The first kappa shape index (κ1) is 58.6. The number of carbonyl (C=O) groups is 5. The predicted octanol–water partition coefficient (Wildman–Crippen LogP) is 9.59. The van der Waals surface area contributed by atoms with Crippen molar-refractivity contribution in [3.8, 4) is 16.5 Å². The second kappa shape index (κ2) is 25.1. The molecule has 5 aromatic rings. The molecule has 2 saturated heterocycles. The molecule has 2 fully saturated rings. The molecule has 2 aliphatic heterocycles. The zero-order valence-corrected chi connectivity index (χ0v) is 45.8. The van der Waals surface area contributed by atoms with Crippen molar-refractivity contribution in [2.24, 2.45) is 5.92 Å². The number of β-amino-alcohol motifs (C(OH)–C–C–N with tert-alkyl or cyclic N) is 1. The number of aliphatic hydroxyl groups is 1. The zero-order valence-electron chi connectivity index (χ0n) is 44.2. The number of aryl methyl sites for hydroxylation is 2. The number of anilines is 2. The van der Waals surface area contributed by atoms with Gasteiger partial charge in [-0.3, -0.25) is 28.9 Å². The van der Waals surface area contributed by atoms with Crippen molar-refractivity contribution in [3.05, 3.63) is 117 Å². The molecule has 2 aromatic heterocycles. The minimum Gasteiger partial charge on any atom is -0.391 e. The Bertz CT molecular complexity index is 3060. The van der Waals surface area contributed by atoms with Crippen LogP contribution in [0.4, 0.5) is 28.9 Å². The molecule has 0 aliphatic carbocycles. The highest BCUT2D eigenvalue weighted by atomic mass is 32.1. The number of unbranched alkanes of at least 4 members (excludes halogenated alkanes) is 6. The number of thiocarbonyl (C=S) groups is 1. The number of carbonyl (C=O) groups excluding carboxylic acids is 5. The molecule has 7 rings (SSSR count). The topological polar surface area (TPSA) is 214 Å². The number of aromatic nitrogens is 2. The third-order valence-corrected chi connectivity index (χ3v) is 15.4. The summed E-state index contributed by atoms with van der Waals surface area (Å²) in [6.45, 7) is 11.1. The number of nitriles is 1. The van der Waals surface area contributed by atoms with Gasteiger partial charge in [0.25, 0.3) is 11.8 Å². The molecular formula is C56H63F4N9O7S2. The maximum atomic E-state index is 15.5. The largest absolute Gasteiger partial charge is 0.417 e. The molecule has 4 atom stereocenters. The molecule has 78 heavy (non-hydrogen) atoms. The third kappa shape index (κ3) is 13.4. The monoisotopic (exact) mass is 1110 g/mol. The summed E-state index contributed by atoms with van der Waals surface area (Å²) < 4.78 is 62.3. The number of nitrogens with one attached hydrogen (secondary N) is 3. The standard InChI is InChI=1S/C56H63F4N9O7S2/c1-32(2)48(46-24-33(3)66-76-46)52(74)67-30-40(70)27-45(67)51(73)65-44(35-14-16-36(17-15-35)49-34(4)64-31-78-49)28-47(71)62-22-12-10-8-7-9-11-13-23-63-50(72)41-21-20-39(26-43(41)57)69-54(77)68(53(75)55(69,5)6)38-19-18-37(29-61)42(25-38)56(58,59)60/h14-21,24-26,31-32,40,44-45,48,70H,7-13,22-23,27-28,30H2,1-6H3,(H,62,71)(H,63,72)(H,65,73). The number of thiazole rings is 1. The Kier molecular flexibility index (Phi) is 18.9. The summed E-state index contributed by atoms with van der Waals surface area (Å²) >= 11 is 7.06. The summed E-state index contributed by atoms with van der Waals surface area (Å²) in [6, 6.07) is 15.6. The van der Waals surface area contributed by atoms with E-state index in [9.17, 15) is 47.5 Å². The minimum absolute atomic E-state index is 0.0281. The van der Waals surface area contributed by atoms with E-state index in [1.165, 1.54) is 59.3 Å². The molecule has 22 heteroatoms. The molecule has 2 aliphatic rings. The van der Waals surface area contributed by atoms with Gasteiger partial charge < -0.3 is 35.4 Å². The van der Waals surface area contributed by atoms with Gasteiger partial charge >= 0.3 is 6.18 Å². The van der Waals surface area contributed by atoms with Crippen molar-refractivity contribution in [2.75, 3.05) is 29.4 Å². The summed E-state index contributed by atoms with van der Waals surface area (Å²) in [4.78, 5) is 77.3. The fourth-order valence-corrected chi connectivity index (χ4v) is 11.3. The first-order valence-corrected chi connectivity index (χ1v) is 27.2. The van der Waals surface area contributed by atoms with Crippen LogP contribution in [0.1, 0.15) is 142 Å². The second-order valence-electron chi connectivity index (χ2n) is 20.5. The lowest BCUT2D eigenvalue weighted by Crippen LogP contribution is -2.49. The molecule has 0 radical (unpaired) electrons. The quantitative estimate of drug-likeness (QED) is 0.0290. The van der Waals surface area contributed by atoms with E-state index in [4.69, 9.17) is 16.7 Å². The molecule has 5 amide bonds. The first-order valence-electron chi connectivity index (χ1n) is 25.9. The molecule has 4 unspecified atom stereocenters. The average molecular weight is 1110 g/mol. The number of benzene rings is 3. The fourth-order valence-electron chi connectivity index (χ4n) is 9.92. The van der Waals surface area contributed by atoms with Crippen LogP contribution in [-0.4, -0.2) is 92.1 Å². The van der Waals surface area contributed by atoms with Gasteiger partial charge in [-0.05, 0) is 106 Å². The van der Waals surface area contributed by atoms with E-state index in [0.29, 0.717) is 42.6 Å². The van der Waals surface area contributed by atoms with Crippen molar-refractivity contribution in [2.45, 2.75) is 135 Å². The smallest absolute Gasteiger partial charge is 0.391 e. The number of nitrogens with zero attached hydrogens (tertiary/aromatic N) is 6. The SMILES string of the molecule is Cc1cc(C(C(=O)N2CC(O)CC2C(=O)NC(CC(=O)NCCCCCCCCCNC(=O)c2ccc(N3C(=S)N(c4ccc(C#N)c(C(F)(F)F)c4)C(=O)C3(C)C)cc2F)c2ccc(-c3scnc3C)cc2)C(C)C)on1. The first-order chi connectivity index (χ1) is 37.0. The minimum atomic E-state index is -4.87. The van der Waals surface area contributed by atoms with E-state index < -0.39 is 70.5 Å². The van der Waals surface area contributed by atoms with Crippen LogP contribution in [0.2, 0.25) is 0 Å². The summed E-state index contributed by atoms with van der Waals surface area (Å²) in [5, 5.41) is 32.5. The summed E-state index contributed by atoms with van der Waals surface area (Å²) in [6.07, 6.45) is -0.104. The number of aliphatic hydroxyl groups excluding tert-OH is 1. The zero-order chi connectivity index (χ0) is 56.6. The average Bonchev–Trinajstić information content (AvgIpc) is 4.29. The van der Waals surface area contributed by atoms with Gasteiger partial charge in [0.15, 0.2) is 5.11 Å². The van der Waals surface area contributed by atoms with Crippen LogP contribution in [-0.2, 0) is 25.4 Å². The van der Waals surface area contributed by atoms with Gasteiger partial charge in [0.2, 0.25) is 17.7 Å². The number of alkyl halides is 3. The number of halogens is 4. The van der Waals surface area contributed by atoms with E-state index in [-0.39, 0.29) is 59.2 Å². The Morgan fingerprint density at radius 1 is 0.936 bits per heavy atom. The van der Waals surface area contributed by atoms with Crippen LogP contribution in [0.25, 0.3) is 10.4 Å². The fraction of sp³-hybridized carbons (Fsp3) is 0.446. The Hall–Kier alpha value is -7.09. The van der Waals surface area contributed by atoms with Crippen molar-refractivity contribution < 1.29 is 51.2 Å². The van der Waals surface area contributed by atoms with E-state index in [2.05, 4.69) is 26.1 Å². The van der Waals surface area contributed by atoms with Crippen LogP contribution in [0.5, 0.6) is 0 Å². The number of rotatable bonds is 22. The number of amides is 5. The molecule has 414 valence electrons. The maximum absolute atomic E-state index is 15.5. The van der Waals surface area contributed by atoms with Crippen LogP contribution in [0, 0.1) is 36.9 Å². The molecular weight excluding hydrogens is 1050 g/mol. The van der Waals surface area contributed by atoms with Crippen molar-refractivity contribution in [1.82, 2.24) is 31.0 Å². The lowest BCUT2D eigenvalue weighted by Gasteiger charge is -2.30. The van der Waals surface area contributed by atoms with Crippen LogP contribution < -0.4 is 25.8 Å². The molecule has 16 nitrogen and oxygen atoms in total. The summed E-state index contributed by atoms with van der Waals surface area (Å²) in [7, 11) is 0. The second-order valence-corrected chi connectivity index (χ2v) is 21.8. The highest BCUT2D eigenvalue weighted by Crippen LogP contribution is 2.40. The molecule has 0 bridgehead atoms. The Labute approximate surface area is 459 Å². The van der Waals surface area contributed by atoms with Crippen molar-refractivity contribution >= 4 is 69.6 Å². The maximum Gasteiger partial charge on any atom is 0.417 e. The van der Waals surface area contributed by atoms with Crippen LogP contribution >= 0.6 is 23.6 Å². The summed E-state index contributed by atoms with van der Waals surface area (Å²) in [5.41, 5.74) is 1.28. The Morgan fingerprint density at radius 3 is 2.18 bits per heavy atom. The van der Waals surface area contributed by atoms with E-state index in [0.717, 1.165) is 71.7 Å². The Morgan fingerprint density at radius 2 is 1.59 bits per heavy atom. The number of hydrogen-bond acceptors (Lipinski definition) is 12. The van der Waals surface area contributed by atoms with Gasteiger partial charge in [-0.1, -0.05) is 75.4 Å². The summed E-state index contributed by atoms with van der Waals surface area (Å²) in [5.74, 6) is -3.83. The van der Waals surface area contributed by atoms with E-state index >= 15 is 4.39 Å². The highest BCUT2D eigenvalue weighted by Gasteiger charge is 2.51. The Balaban J connectivity index is 0.849. The van der Waals surface area contributed by atoms with E-state index in [1.54, 1.807) is 18.5 Å². The third-order valence-electron chi connectivity index (χ3n) is 14.0. The molecule has 0 spiro atoms. The number of hydrogen-bond donors (Lipinski definition) is 4. The predicted molar refractivity (Wildman–Crippen MR) is 290 cm³/mol. The normalized spacial score (nSPS) is 17.1. The van der Waals surface area contributed by atoms with Gasteiger partial charge in [0, 0.05) is 37.8 Å². The lowest BCUT2D eigenvalue weighted by molar-refractivity contribution is -0.141. The van der Waals surface area contributed by atoms with Crippen LogP contribution in [0.3, 0.4) is 0 Å². The molecule has 4 heterocycles. The van der Waals surface area contributed by atoms with Crippen molar-refractivity contribution in [1.29, 1.82) is 5.26 Å². The number of likely N-dealkylation sites (tertiary alicyclic amines) is 1. The molecule has 3 aromatic carbocycles. The van der Waals surface area contributed by atoms with Gasteiger partial charge in [-0.2, -0.15) is 18.4 Å². The highest BCUT2D eigenvalue weighted by molar-refractivity contribution is 7.81. The van der Waals surface area contributed by atoms with Crippen LogP contribution in [0.15, 0.2) is 76.8 Å². The van der Waals surface area contributed by atoms with Gasteiger partial charge in [-0.15, -0.1) is 11.3 Å².